The summed E-state index contributed by atoms with van der Waals surface area (Å²) in [6, 6.07) is 7.55. The zero-order valence-electron chi connectivity index (χ0n) is 45.9. The van der Waals surface area contributed by atoms with Crippen molar-refractivity contribution in [3.63, 3.8) is 0 Å². The van der Waals surface area contributed by atoms with Crippen molar-refractivity contribution in [2.75, 3.05) is 25.1 Å². The normalized spacial score (nSPS) is 27.5. The van der Waals surface area contributed by atoms with Crippen molar-refractivity contribution in [2.24, 2.45) is 23.7 Å². The maximum Gasteiger partial charge on any atom is 0.246 e. The van der Waals surface area contributed by atoms with E-state index >= 15 is 0 Å². The van der Waals surface area contributed by atoms with E-state index < -0.39 is 136 Å². The standard InChI is InChI=1S/C56H83N9O10S/c1-10-35(7)46-54(72)57-39(26-29-76(9)75)48(66)58-40(30-33(3)4)50(68)63-47(36(8)11-2)56(74)65-28-19-25-44(65)55(73)64-27-18-24-43(64)52(70)60-41(31-37-20-14-12-15-21-37)49(67)59-42(32-38-22-16-13-17-23-38)51(69)61-45(34(5)6)53(71)62-46/h12-17,20-23,33-36,39-47H,10-11,18-19,24-32H2,1-9H3,(H,57,72)(H,58,66)(H,59,67)(H,60,70)(H,61,69)(H,62,71)(H,63,68). The molecule has 76 heavy (non-hydrogen) atoms. The molecule has 2 aromatic rings. The van der Waals surface area contributed by atoms with Crippen LogP contribution < -0.4 is 37.2 Å². The molecule has 0 aliphatic carbocycles. The Morgan fingerprint density at radius 3 is 1.45 bits per heavy atom. The van der Waals surface area contributed by atoms with Crippen molar-refractivity contribution in [1.29, 1.82) is 0 Å². The average molecular weight is 1070 g/mol. The van der Waals surface area contributed by atoms with Crippen LogP contribution in [0.1, 0.15) is 118 Å². The van der Waals surface area contributed by atoms with Crippen LogP contribution in [0.15, 0.2) is 60.7 Å². The summed E-state index contributed by atoms with van der Waals surface area (Å²) in [5.41, 5.74) is 1.40. The highest BCUT2D eigenvalue weighted by atomic mass is 32.2. The molecule has 9 amide bonds. The Kier molecular flexibility index (Phi) is 23.0. The zero-order chi connectivity index (χ0) is 55.8. The summed E-state index contributed by atoms with van der Waals surface area (Å²) in [7, 11) is -1.39. The second kappa shape index (κ2) is 28.8. The quantitative estimate of drug-likeness (QED) is 0.145. The number of hydrogen-bond donors (Lipinski definition) is 7. The molecule has 3 saturated heterocycles. The van der Waals surface area contributed by atoms with Crippen LogP contribution in [-0.2, 0) is 66.8 Å². The third kappa shape index (κ3) is 16.7. The Balaban J connectivity index is 1.61. The first kappa shape index (κ1) is 60.7. The Morgan fingerprint density at radius 1 is 0.500 bits per heavy atom. The molecule has 0 radical (unpaired) electrons. The van der Waals surface area contributed by atoms with Gasteiger partial charge in [-0.05, 0) is 73.3 Å². The fourth-order valence-corrected chi connectivity index (χ4v) is 10.6. The van der Waals surface area contributed by atoms with Crippen LogP contribution in [0.3, 0.4) is 0 Å². The summed E-state index contributed by atoms with van der Waals surface area (Å²) in [6.07, 6.45) is 4.03. The van der Waals surface area contributed by atoms with Gasteiger partial charge in [-0.3, -0.25) is 47.4 Å². The number of benzene rings is 2. The topological polar surface area (TPSA) is 261 Å². The van der Waals surface area contributed by atoms with E-state index in [0.717, 1.165) is 0 Å². The molecule has 5 rings (SSSR count). The Bertz CT molecular complexity index is 2370. The van der Waals surface area contributed by atoms with Crippen molar-refractivity contribution in [2.45, 2.75) is 174 Å². The molecule has 0 bridgehead atoms. The molecule has 0 aromatic heterocycles. The molecule has 19 nitrogen and oxygen atoms in total. The van der Waals surface area contributed by atoms with Gasteiger partial charge >= 0.3 is 0 Å². The minimum Gasteiger partial charge on any atom is -0.343 e. The summed E-state index contributed by atoms with van der Waals surface area (Å²) in [5.74, 6) is -7.25. The third-order valence-corrected chi connectivity index (χ3v) is 15.8. The lowest BCUT2D eigenvalue weighted by Crippen LogP contribution is -2.62. The summed E-state index contributed by atoms with van der Waals surface area (Å²) in [4.78, 5) is 134. The Hall–Kier alpha value is -6.18. The highest BCUT2D eigenvalue weighted by Crippen LogP contribution is 2.27. The molecule has 12 atom stereocenters. The first-order valence-electron chi connectivity index (χ1n) is 27.2. The van der Waals surface area contributed by atoms with Gasteiger partial charge in [0.05, 0.1) is 0 Å². The predicted molar refractivity (Wildman–Crippen MR) is 290 cm³/mol. The molecule has 7 N–H and O–H groups in total. The Morgan fingerprint density at radius 2 is 0.921 bits per heavy atom. The van der Waals surface area contributed by atoms with Crippen LogP contribution in [0.4, 0.5) is 0 Å². The number of fused-ring (bicyclic) bond motifs is 2. The van der Waals surface area contributed by atoms with Gasteiger partial charge in [-0.25, -0.2) is 0 Å². The molecule has 418 valence electrons. The van der Waals surface area contributed by atoms with Crippen molar-refractivity contribution in [1.82, 2.24) is 47.0 Å². The number of amides is 9. The Labute approximate surface area is 451 Å². The molecular weight excluding hydrogens is 991 g/mol. The highest BCUT2D eigenvalue weighted by molar-refractivity contribution is 7.84. The van der Waals surface area contributed by atoms with Crippen LogP contribution >= 0.6 is 0 Å². The minimum atomic E-state index is -1.39. The third-order valence-electron chi connectivity index (χ3n) is 15.0. The number of rotatable bonds is 14. The average Bonchev–Trinajstić information content (AvgIpc) is 4.10. The maximum atomic E-state index is 14.8. The zero-order valence-corrected chi connectivity index (χ0v) is 46.7. The number of nitrogens with zero attached hydrogens (tertiary/aromatic N) is 2. The molecule has 3 aliphatic rings. The van der Waals surface area contributed by atoms with Crippen molar-refractivity contribution in [3.8, 4) is 0 Å². The van der Waals surface area contributed by atoms with Crippen LogP contribution in [0.5, 0.6) is 0 Å². The van der Waals surface area contributed by atoms with Crippen LogP contribution in [0.25, 0.3) is 0 Å². The summed E-state index contributed by atoms with van der Waals surface area (Å²) in [5, 5.41) is 20.0. The van der Waals surface area contributed by atoms with E-state index in [2.05, 4.69) is 37.2 Å². The summed E-state index contributed by atoms with van der Waals surface area (Å²) in [6.45, 7) is 14.9. The van der Waals surface area contributed by atoms with E-state index in [9.17, 15) is 47.4 Å². The predicted octanol–water partition coefficient (Wildman–Crippen LogP) is 2.42. The molecule has 3 aliphatic heterocycles. The van der Waals surface area contributed by atoms with Gasteiger partial charge in [0.25, 0.3) is 0 Å². The molecule has 12 unspecified atom stereocenters. The molecule has 3 fully saturated rings. The monoisotopic (exact) mass is 1070 g/mol. The van der Waals surface area contributed by atoms with E-state index in [-0.39, 0.29) is 50.4 Å². The number of carbonyl (C=O) groups is 9. The van der Waals surface area contributed by atoms with Crippen LogP contribution in [0.2, 0.25) is 0 Å². The lowest BCUT2D eigenvalue weighted by Gasteiger charge is -2.35. The smallest absolute Gasteiger partial charge is 0.246 e. The minimum absolute atomic E-state index is 0.000696. The van der Waals surface area contributed by atoms with Gasteiger partial charge in [0.15, 0.2) is 0 Å². The van der Waals surface area contributed by atoms with Crippen molar-refractivity contribution in [3.05, 3.63) is 71.8 Å². The second-order valence-electron chi connectivity index (χ2n) is 21.7. The highest BCUT2D eigenvalue weighted by Gasteiger charge is 2.46. The van der Waals surface area contributed by atoms with Gasteiger partial charge in [0.2, 0.25) is 53.2 Å². The fourth-order valence-electron chi connectivity index (χ4n) is 10.1. The molecule has 0 saturated carbocycles. The fraction of sp³-hybridized carbons (Fsp3) is 0.625. The summed E-state index contributed by atoms with van der Waals surface area (Å²) < 4.78 is 12.5. The van der Waals surface area contributed by atoms with E-state index in [0.29, 0.717) is 49.7 Å². The molecule has 3 heterocycles. The second-order valence-corrected chi connectivity index (χ2v) is 23.2. The van der Waals surface area contributed by atoms with Gasteiger partial charge < -0.3 is 47.0 Å². The van der Waals surface area contributed by atoms with Gasteiger partial charge in [0.1, 0.15) is 54.4 Å². The van der Waals surface area contributed by atoms with E-state index in [1.807, 2.05) is 58.9 Å². The maximum absolute atomic E-state index is 14.8. The molecule has 0 spiro atoms. The van der Waals surface area contributed by atoms with E-state index in [1.165, 1.54) is 16.1 Å². The number of nitrogens with one attached hydrogen (secondary N) is 7. The lowest BCUT2D eigenvalue weighted by molar-refractivity contribution is -0.149. The van der Waals surface area contributed by atoms with Gasteiger partial charge in [0, 0.05) is 48.7 Å². The van der Waals surface area contributed by atoms with Crippen LogP contribution in [0, 0.1) is 23.7 Å². The number of hydrogen-bond acceptors (Lipinski definition) is 10. The van der Waals surface area contributed by atoms with Crippen molar-refractivity contribution >= 4 is 64.0 Å². The van der Waals surface area contributed by atoms with Crippen LogP contribution in [-0.4, -0.2) is 147 Å². The molecule has 2 aromatic carbocycles. The van der Waals surface area contributed by atoms with E-state index in [1.54, 1.807) is 57.2 Å². The largest absolute Gasteiger partial charge is 0.343 e. The van der Waals surface area contributed by atoms with Gasteiger partial charge in [-0.15, -0.1) is 0 Å². The van der Waals surface area contributed by atoms with Crippen molar-refractivity contribution < 1.29 is 47.4 Å². The lowest BCUT2D eigenvalue weighted by atomic mass is 9.95. The molecular formula is C56H83N9O10S. The van der Waals surface area contributed by atoms with E-state index in [4.69, 9.17) is 0 Å². The SMILES string of the molecule is CCC(C)C1NC(=O)C(C(C)C)NC(=O)C(Cc2ccccc2)NC(=O)C(Cc2ccccc2)NC(=O)C2CCCN2C(=O)C2CCCN2C(=O)C(C(C)CC)NC(=O)C(CC(C)C)NC(=O)C(CCS(C)=O)NC1=O. The first-order valence-corrected chi connectivity index (χ1v) is 29.0. The first-order chi connectivity index (χ1) is 36.1. The van der Waals surface area contributed by atoms with Gasteiger partial charge in [-0.2, -0.15) is 0 Å². The van der Waals surface area contributed by atoms with Gasteiger partial charge in [-0.1, -0.05) is 129 Å². The molecule has 20 heteroatoms. The summed E-state index contributed by atoms with van der Waals surface area (Å²) >= 11 is 0. The number of carbonyl (C=O) groups excluding carboxylic acids is 9.